The molecular formula is C19H27N5O3. The normalized spacial score (nSPS) is 28.6. The minimum Gasteiger partial charge on any atom is -0.396 e. The number of aliphatic hydroxyl groups is 1. The van der Waals surface area contributed by atoms with E-state index >= 15 is 0 Å². The maximum atomic E-state index is 13.1. The van der Waals surface area contributed by atoms with Crippen molar-refractivity contribution in [3.63, 3.8) is 0 Å². The van der Waals surface area contributed by atoms with Crippen LogP contribution in [0.25, 0.3) is 0 Å². The third-order valence-electron chi connectivity index (χ3n) is 5.74. The van der Waals surface area contributed by atoms with Crippen molar-refractivity contribution in [1.82, 2.24) is 20.0 Å². The molecule has 0 bridgehead atoms. The fourth-order valence-corrected chi connectivity index (χ4v) is 4.42. The second kappa shape index (κ2) is 7.10. The molecule has 4 rings (SSSR count). The van der Waals surface area contributed by atoms with E-state index in [2.05, 4.69) is 40.2 Å². The molecule has 3 aliphatic rings. The number of nitrogens with zero attached hydrogens (tertiary/aromatic N) is 4. The third-order valence-corrected chi connectivity index (χ3v) is 5.74. The lowest BCUT2D eigenvalue weighted by atomic mass is 10.1. The highest BCUT2D eigenvalue weighted by molar-refractivity contribution is 6.00. The van der Waals surface area contributed by atoms with Crippen LogP contribution in [-0.4, -0.2) is 83.5 Å². The first-order chi connectivity index (χ1) is 13.0. The molecule has 8 heteroatoms. The molecule has 3 fully saturated rings. The average Bonchev–Trinajstić information content (AvgIpc) is 3.06. The first-order valence-electron chi connectivity index (χ1n) is 9.57. The molecule has 1 aromatic rings. The summed E-state index contributed by atoms with van der Waals surface area (Å²) in [6, 6.07) is 7.65. The zero-order chi connectivity index (χ0) is 19.1. The van der Waals surface area contributed by atoms with E-state index in [1.54, 1.807) is 11.9 Å². The number of amides is 3. The molecule has 3 saturated heterocycles. The van der Waals surface area contributed by atoms with Crippen LogP contribution in [0.2, 0.25) is 0 Å². The van der Waals surface area contributed by atoms with Crippen LogP contribution >= 0.6 is 0 Å². The van der Waals surface area contributed by atoms with Crippen LogP contribution in [0.3, 0.4) is 0 Å². The lowest BCUT2D eigenvalue weighted by molar-refractivity contribution is -0.138. The Morgan fingerprint density at radius 3 is 2.81 bits per heavy atom. The number of hydrogen-bond acceptors (Lipinski definition) is 6. The van der Waals surface area contributed by atoms with Crippen molar-refractivity contribution in [2.24, 2.45) is 0 Å². The summed E-state index contributed by atoms with van der Waals surface area (Å²) in [6.45, 7) is 3.99. The van der Waals surface area contributed by atoms with Crippen molar-refractivity contribution in [2.45, 2.75) is 38.3 Å². The number of hydrogen-bond donors (Lipinski definition) is 2. The number of imide groups is 1. The minimum atomic E-state index is -0.399. The quantitative estimate of drug-likeness (QED) is 0.794. The molecule has 3 atom stereocenters. The van der Waals surface area contributed by atoms with Crippen molar-refractivity contribution >= 4 is 17.6 Å². The SMILES string of the molecule is Cc1cccc(N2CCCN3C4C(=O)N(CCCO)C(=O)N(C)C4NC23)c1. The van der Waals surface area contributed by atoms with Crippen molar-refractivity contribution in [3.05, 3.63) is 29.8 Å². The largest absolute Gasteiger partial charge is 0.396 e. The van der Waals surface area contributed by atoms with E-state index in [9.17, 15) is 9.59 Å². The van der Waals surface area contributed by atoms with Crippen molar-refractivity contribution < 1.29 is 14.7 Å². The molecule has 3 aliphatic heterocycles. The molecule has 3 amide bonds. The Morgan fingerprint density at radius 2 is 2.07 bits per heavy atom. The fourth-order valence-electron chi connectivity index (χ4n) is 4.42. The van der Waals surface area contributed by atoms with Gasteiger partial charge >= 0.3 is 6.03 Å². The van der Waals surface area contributed by atoms with Crippen molar-refractivity contribution in [2.75, 3.05) is 38.2 Å². The van der Waals surface area contributed by atoms with Gasteiger partial charge in [-0.25, -0.2) is 4.79 Å². The standard InChI is InChI=1S/C19H27N5O3/c1-13-6-3-7-14(12-13)22-8-4-9-23-15-16(20-18(22)23)21(2)19(27)24(17(15)26)10-5-11-25/h3,6-7,12,15-16,18,20,25H,4-5,8-11H2,1-2H3. The van der Waals surface area contributed by atoms with Crippen LogP contribution in [0.1, 0.15) is 18.4 Å². The molecule has 3 heterocycles. The molecule has 8 nitrogen and oxygen atoms in total. The molecule has 0 radical (unpaired) electrons. The lowest BCUT2D eigenvalue weighted by Gasteiger charge is -2.44. The third kappa shape index (κ3) is 2.97. The number of likely N-dealkylation sites (N-methyl/N-ethyl adjacent to an activating group) is 1. The summed E-state index contributed by atoms with van der Waals surface area (Å²) in [5, 5.41) is 12.6. The van der Waals surface area contributed by atoms with Gasteiger partial charge in [0.25, 0.3) is 5.91 Å². The number of benzene rings is 1. The molecular weight excluding hydrogens is 346 g/mol. The number of rotatable bonds is 4. The average molecular weight is 373 g/mol. The molecule has 2 N–H and O–H groups in total. The van der Waals surface area contributed by atoms with Crippen LogP contribution in [0.4, 0.5) is 10.5 Å². The van der Waals surface area contributed by atoms with Gasteiger partial charge in [-0.1, -0.05) is 12.1 Å². The number of anilines is 1. The summed E-state index contributed by atoms with van der Waals surface area (Å²) >= 11 is 0. The predicted molar refractivity (Wildman–Crippen MR) is 101 cm³/mol. The Bertz CT molecular complexity index is 742. The van der Waals surface area contributed by atoms with E-state index in [1.807, 2.05) is 6.07 Å². The monoisotopic (exact) mass is 373 g/mol. The highest BCUT2D eigenvalue weighted by Crippen LogP contribution is 2.33. The Morgan fingerprint density at radius 1 is 1.26 bits per heavy atom. The van der Waals surface area contributed by atoms with E-state index in [0.717, 1.165) is 25.2 Å². The van der Waals surface area contributed by atoms with E-state index in [1.165, 1.54) is 10.5 Å². The summed E-state index contributed by atoms with van der Waals surface area (Å²) in [4.78, 5) is 33.1. The Balaban J connectivity index is 1.63. The van der Waals surface area contributed by atoms with Crippen LogP contribution in [-0.2, 0) is 4.79 Å². The summed E-state index contributed by atoms with van der Waals surface area (Å²) in [5.41, 5.74) is 2.31. The van der Waals surface area contributed by atoms with Gasteiger partial charge in [-0.05, 0) is 37.5 Å². The summed E-state index contributed by atoms with van der Waals surface area (Å²) in [6.07, 6.45) is 0.893. The maximum absolute atomic E-state index is 13.1. The Kier molecular flexibility index (Phi) is 4.79. The molecule has 0 spiro atoms. The molecule has 3 unspecified atom stereocenters. The van der Waals surface area contributed by atoms with Crippen LogP contribution in [0, 0.1) is 6.92 Å². The maximum Gasteiger partial charge on any atom is 0.327 e. The van der Waals surface area contributed by atoms with Crippen molar-refractivity contribution in [1.29, 1.82) is 0 Å². The van der Waals surface area contributed by atoms with Crippen molar-refractivity contribution in [3.8, 4) is 0 Å². The molecule has 0 aliphatic carbocycles. The van der Waals surface area contributed by atoms with Gasteiger partial charge in [-0.3, -0.25) is 19.9 Å². The van der Waals surface area contributed by atoms with Gasteiger partial charge in [0, 0.05) is 39.0 Å². The summed E-state index contributed by atoms with van der Waals surface area (Å²) in [7, 11) is 1.74. The smallest absolute Gasteiger partial charge is 0.327 e. The van der Waals surface area contributed by atoms with Crippen LogP contribution in [0.15, 0.2) is 24.3 Å². The summed E-state index contributed by atoms with van der Waals surface area (Å²) < 4.78 is 0. The second-order valence-electron chi connectivity index (χ2n) is 7.51. The van der Waals surface area contributed by atoms with Gasteiger partial charge in [0.2, 0.25) is 0 Å². The number of aliphatic hydroxyl groups excluding tert-OH is 1. The summed E-state index contributed by atoms with van der Waals surface area (Å²) in [5.74, 6) is -0.169. The number of urea groups is 1. The zero-order valence-electron chi connectivity index (χ0n) is 15.8. The number of fused-ring (bicyclic) bond motifs is 3. The Hall–Kier alpha value is -2.16. The predicted octanol–water partition coefficient (Wildman–Crippen LogP) is 0.365. The zero-order valence-corrected chi connectivity index (χ0v) is 15.8. The molecule has 1 aromatic carbocycles. The fraction of sp³-hybridized carbons (Fsp3) is 0.579. The number of nitrogens with one attached hydrogen (secondary N) is 1. The first-order valence-corrected chi connectivity index (χ1v) is 9.57. The lowest BCUT2D eigenvalue weighted by Crippen LogP contribution is -2.66. The highest BCUT2D eigenvalue weighted by atomic mass is 16.3. The van der Waals surface area contributed by atoms with Gasteiger partial charge in [-0.2, -0.15) is 0 Å². The number of aryl methyl sites for hydroxylation is 1. The van der Waals surface area contributed by atoms with Gasteiger partial charge in [0.05, 0.1) is 0 Å². The first kappa shape index (κ1) is 18.2. The van der Waals surface area contributed by atoms with Gasteiger partial charge in [-0.15, -0.1) is 0 Å². The van der Waals surface area contributed by atoms with E-state index in [0.29, 0.717) is 6.42 Å². The Labute approximate surface area is 159 Å². The number of carbonyl (C=O) groups excluding carboxylic acids is 2. The highest BCUT2D eigenvalue weighted by Gasteiger charge is 2.55. The molecule has 27 heavy (non-hydrogen) atoms. The molecule has 0 aromatic heterocycles. The van der Waals surface area contributed by atoms with Gasteiger partial charge < -0.3 is 14.9 Å². The molecule has 146 valence electrons. The van der Waals surface area contributed by atoms with Gasteiger partial charge in [0.1, 0.15) is 18.5 Å². The minimum absolute atomic E-state index is 0.0411. The second-order valence-corrected chi connectivity index (χ2v) is 7.51. The van der Waals surface area contributed by atoms with E-state index in [-0.39, 0.29) is 37.5 Å². The molecule has 0 saturated carbocycles. The van der Waals surface area contributed by atoms with Gasteiger partial charge in [0.15, 0.2) is 0 Å². The number of carbonyl (C=O) groups is 2. The van der Waals surface area contributed by atoms with E-state index in [4.69, 9.17) is 5.11 Å². The van der Waals surface area contributed by atoms with E-state index < -0.39 is 6.04 Å². The topological polar surface area (TPSA) is 79.4 Å². The van der Waals surface area contributed by atoms with Crippen LogP contribution in [0.5, 0.6) is 0 Å². The van der Waals surface area contributed by atoms with Crippen LogP contribution < -0.4 is 10.2 Å².